The van der Waals surface area contributed by atoms with Gasteiger partial charge in [0.25, 0.3) is 5.91 Å². The molecule has 4 rings (SSSR count). The fourth-order valence-corrected chi connectivity index (χ4v) is 3.55. The molecule has 1 amide bonds. The molecule has 0 spiro atoms. The third kappa shape index (κ3) is 3.90. The van der Waals surface area contributed by atoms with E-state index in [0.717, 1.165) is 34.5 Å². The number of hydrogen-bond acceptors (Lipinski definition) is 6. The summed E-state index contributed by atoms with van der Waals surface area (Å²) in [7, 11) is 0. The largest absolute Gasteiger partial charge is 0.504 e. The minimum absolute atomic E-state index is 0.0225. The smallest absolute Gasteiger partial charge is 0.338 e. The summed E-state index contributed by atoms with van der Waals surface area (Å²) in [6.45, 7) is 2.51. The van der Waals surface area contributed by atoms with E-state index in [1.165, 1.54) is 0 Å². The second-order valence-corrected chi connectivity index (χ2v) is 7.50. The number of fused-ring (bicyclic) bond motifs is 1. The minimum atomic E-state index is -0.727. The van der Waals surface area contributed by atoms with Crippen LogP contribution in [0, 0.1) is 0 Å². The van der Waals surface area contributed by atoms with Crippen LogP contribution in [-0.2, 0) is 11.3 Å². The lowest BCUT2D eigenvalue weighted by Gasteiger charge is -2.18. The number of ether oxygens (including phenoxy) is 1. The topological polar surface area (TPSA) is 107 Å². The molecule has 7 nitrogen and oxygen atoms in total. The lowest BCUT2D eigenvalue weighted by Crippen LogP contribution is -2.22. The molecule has 1 unspecified atom stereocenters. The lowest BCUT2D eigenvalue weighted by atomic mass is 10.0. The molecule has 1 heterocycles. The van der Waals surface area contributed by atoms with Crippen LogP contribution in [0.15, 0.2) is 60.7 Å². The fraction of sp³-hybridized carbons (Fsp3) is 0.167. The highest BCUT2D eigenvalue weighted by atomic mass is 16.5. The maximum Gasteiger partial charge on any atom is 0.338 e. The molecule has 3 aromatic rings. The SMILES string of the molecule is CC(COC(=O)c1cc(O)c(O)c(O)c1)c1ccc(N2Cc3ccccc3C2=O)cc1. The molecular formula is C24H21NO6. The van der Waals surface area contributed by atoms with Crippen LogP contribution < -0.4 is 4.90 Å². The molecule has 1 aliphatic heterocycles. The molecule has 1 aliphatic rings. The first kappa shape index (κ1) is 20.3. The van der Waals surface area contributed by atoms with Crippen molar-refractivity contribution in [2.24, 2.45) is 0 Å². The quantitative estimate of drug-likeness (QED) is 0.427. The summed E-state index contributed by atoms with van der Waals surface area (Å²) in [4.78, 5) is 26.5. The molecule has 1 atom stereocenters. The molecule has 0 saturated carbocycles. The average molecular weight is 419 g/mol. The standard InChI is InChI=1S/C24H21NO6/c1-14(13-31-24(30)17-10-20(26)22(28)21(27)11-17)15-6-8-18(9-7-15)25-12-16-4-2-3-5-19(16)23(25)29/h2-11,14,26-28H,12-13H2,1H3. The molecular weight excluding hydrogens is 398 g/mol. The van der Waals surface area contributed by atoms with Gasteiger partial charge in [0.2, 0.25) is 0 Å². The van der Waals surface area contributed by atoms with Crippen molar-refractivity contribution in [3.05, 3.63) is 82.9 Å². The van der Waals surface area contributed by atoms with Gasteiger partial charge in [-0.2, -0.15) is 0 Å². The van der Waals surface area contributed by atoms with Crippen LogP contribution in [0.25, 0.3) is 0 Å². The van der Waals surface area contributed by atoms with Gasteiger partial charge in [-0.3, -0.25) is 4.79 Å². The number of hydrogen-bond donors (Lipinski definition) is 3. The summed E-state index contributed by atoms with van der Waals surface area (Å²) in [5.74, 6) is -2.77. The van der Waals surface area contributed by atoms with Crippen molar-refractivity contribution in [2.75, 3.05) is 11.5 Å². The normalized spacial score (nSPS) is 13.7. The molecule has 3 N–H and O–H groups in total. The van der Waals surface area contributed by atoms with Gasteiger partial charge in [0.05, 0.1) is 18.7 Å². The molecule has 0 fully saturated rings. The molecule has 0 saturated heterocycles. The van der Waals surface area contributed by atoms with Gasteiger partial charge < -0.3 is 25.0 Å². The second-order valence-electron chi connectivity index (χ2n) is 7.50. The third-order valence-electron chi connectivity index (χ3n) is 5.36. The highest BCUT2D eigenvalue weighted by Crippen LogP contribution is 2.35. The monoisotopic (exact) mass is 419 g/mol. The van der Waals surface area contributed by atoms with Gasteiger partial charge in [-0.15, -0.1) is 0 Å². The zero-order valence-corrected chi connectivity index (χ0v) is 16.8. The first-order valence-electron chi connectivity index (χ1n) is 9.77. The maximum atomic E-state index is 12.6. The predicted molar refractivity (Wildman–Crippen MR) is 114 cm³/mol. The van der Waals surface area contributed by atoms with E-state index in [1.807, 2.05) is 55.5 Å². The number of rotatable bonds is 5. The van der Waals surface area contributed by atoms with Crippen LogP contribution >= 0.6 is 0 Å². The number of anilines is 1. The number of esters is 1. The van der Waals surface area contributed by atoms with Gasteiger partial charge in [0, 0.05) is 17.2 Å². The number of nitrogens with zero attached hydrogens (tertiary/aromatic N) is 1. The molecule has 3 aromatic carbocycles. The summed E-state index contributed by atoms with van der Waals surface area (Å²) in [6.07, 6.45) is 0. The Balaban J connectivity index is 1.39. The highest BCUT2D eigenvalue weighted by molar-refractivity contribution is 6.09. The first-order chi connectivity index (χ1) is 14.8. The number of carbonyl (C=O) groups is 2. The van der Waals surface area contributed by atoms with Crippen LogP contribution in [0.4, 0.5) is 5.69 Å². The van der Waals surface area contributed by atoms with Crippen molar-refractivity contribution < 1.29 is 29.6 Å². The van der Waals surface area contributed by atoms with Crippen molar-refractivity contribution in [1.29, 1.82) is 0 Å². The van der Waals surface area contributed by atoms with Crippen molar-refractivity contribution in [2.45, 2.75) is 19.4 Å². The van der Waals surface area contributed by atoms with E-state index < -0.39 is 23.2 Å². The molecule has 31 heavy (non-hydrogen) atoms. The predicted octanol–water partition coefficient (Wildman–Crippen LogP) is 3.92. The highest BCUT2D eigenvalue weighted by Gasteiger charge is 2.28. The fourth-order valence-electron chi connectivity index (χ4n) is 3.55. The van der Waals surface area contributed by atoms with Gasteiger partial charge in [-0.25, -0.2) is 4.79 Å². The Hall–Kier alpha value is -4.00. The molecule has 7 heteroatoms. The molecule has 0 radical (unpaired) electrons. The number of aromatic hydroxyl groups is 3. The maximum absolute atomic E-state index is 12.6. The van der Waals surface area contributed by atoms with Crippen LogP contribution in [0.1, 0.15) is 44.7 Å². The van der Waals surface area contributed by atoms with Gasteiger partial charge in [0.1, 0.15) is 0 Å². The van der Waals surface area contributed by atoms with Crippen molar-refractivity contribution in [3.8, 4) is 17.2 Å². The average Bonchev–Trinajstić information content (AvgIpc) is 3.12. The Morgan fingerprint density at radius 3 is 2.32 bits per heavy atom. The van der Waals surface area contributed by atoms with Crippen LogP contribution in [-0.4, -0.2) is 33.8 Å². The summed E-state index contributed by atoms with van der Waals surface area (Å²) in [5, 5.41) is 28.4. The molecule has 158 valence electrons. The number of amides is 1. The Labute approximate surface area is 178 Å². The zero-order chi connectivity index (χ0) is 22.1. The van der Waals surface area contributed by atoms with Crippen molar-refractivity contribution >= 4 is 17.6 Å². The van der Waals surface area contributed by atoms with Crippen LogP contribution in [0.2, 0.25) is 0 Å². The number of phenols is 3. The molecule has 0 aromatic heterocycles. The third-order valence-corrected chi connectivity index (χ3v) is 5.36. The summed E-state index contributed by atoms with van der Waals surface area (Å²) in [5.41, 5.74) is 3.38. The molecule has 0 bridgehead atoms. The van der Waals surface area contributed by atoms with E-state index in [1.54, 1.807) is 4.90 Å². The number of benzene rings is 3. The van der Waals surface area contributed by atoms with E-state index in [2.05, 4.69) is 0 Å². The van der Waals surface area contributed by atoms with E-state index in [0.29, 0.717) is 6.54 Å². The van der Waals surface area contributed by atoms with Gasteiger partial charge >= 0.3 is 5.97 Å². The van der Waals surface area contributed by atoms with E-state index in [-0.39, 0.29) is 24.0 Å². The van der Waals surface area contributed by atoms with Gasteiger partial charge in [-0.1, -0.05) is 37.3 Å². The van der Waals surface area contributed by atoms with E-state index in [9.17, 15) is 24.9 Å². The van der Waals surface area contributed by atoms with Crippen molar-refractivity contribution in [3.63, 3.8) is 0 Å². The van der Waals surface area contributed by atoms with Gasteiger partial charge in [0.15, 0.2) is 17.2 Å². The first-order valence-corrected chi connectivity index (χ1v) is 9.77. The van der Waals surface area contributed by atoms with Crippen LogP contribution in [0.5, 0.6) is 17.2 Å². The number of phenolic OH excluding ortho intramolecular Hbond substituents is 3. The number of carbonyl (C=O) groups excluding carboxylic acids is 2. The minimum Gasteiger partial charge on any atom is -0.504 e. The van der Waals surface area contributed by atoms with E-state index in [4.69, 9.17) is 4.74 Å². The Morgan fingerprint density at radius 1 is 1.03 bits per heavy atom. The van der Waals surface area contributed by atoms with E-state index >= 15 is 0 Å². The molecule has 0 aliphatic carbocycles. The summed E-state index contributed by atoms with van der Waals surface area (Å²) in [6, 6.07) is 17.1. The summed E-state index contributed by atoms with van der Waals surface area (Å²) >= 11 is 0. The van der Waals surface area contributed by atoms with Gasteiger partial charge in [-0.05, 0) is 41.5 Å². The Kier molecular flexibility index (Phi) is 5.25. The Morgan fingerprint density at radius 2 is 1.68 bits per heavy atom. The van der Waals surface area contributed by atoms with Crippen molar-refractivity contribution in [1.82, 2.24) is 0 Å². The summed E-state index contributed by atoms with van der Waals surface area (Å²) < 4.78 is 5.28. The lowest BCUT2D eigenvalue weighted by molar-refractivity contribution is 0.0484. The Bertz CT molecular complexity index is 1130. The van der Waals surface area contributed by atoms with Crippen LogP contribution in [0.3, 0.4) is 0 Å². The second kappa shape index (κ2) is 8.02. The zero-order valence-electron chi connectivity index (χ0n) is 16.8.